The second kappa shape index (κ2) is 47.6. The number of rotatable bonds is 50. The van der Waals surface area contributed by atoms with Gasteiger partial charge in [0, 0.05) is 38.0 Å². The molecule has 0 saturated heterocycles. The Bertz CT molecular complexity index is 1910. The zero-order valence-corrected chi connectivity index (χ0v) is 48.1. The Hall–Kier alpha value is -5.43. The van der Waals surface area contributed by atoms with Crippen molar-refractivity contribution in [2.45, 2.75) is 179 Å². The highest BCUT2D eigenvalue weighted by Crippen LogP contribution is 2.19. The van der Waals surface area contributed by atoms with Crippen molar-refractivity contribution in [1.82, 2.24) is 0 Å². The Kier molecular flexibility index (Phi) is 40.8. The molecule has 0 N–H and O–H groups in total. The van der Waals surface area contributed by atoms with Gasteiger partial charge in [0.2, 0.25) is 0 Å². The van der Waals surface area contributed by atoms with Gasteiger partial charge >= 0.3 is 17.9 Å². The summed E-state index contributed by atoms with van der Waals surface area (Å²) in [6.45, 7) is 5.64. The number of unbranched alkanes of at least 4 members (excludes halogenated alkanes) is 24. The van der Waals surface area contributed by atoms with Gasteiger partial charge in [-0.1, -0.05) is 171 Å². The monoisotopic (exact) mass is 1080 g/mol. The average Bonchev–Trinajstić information content (AvgIpc) is 3.47. The molecule has 0 bridgehead atoms. The minimum atomic E-state index is -0.365. The molecule has 12 heteroatoms. The maximum Gasteiger partial charge on any atom is 0.330 e. The van der Waals surface area contributed by atoms with Crippen LogP contribution in [0.2, 0.25) is 0 Å². The first-order valence-electron chi connectivity index (χ1n) is 29.6. The number of esters is 3. The molecule has 3 aromatic rings. The van der Waals surface area contributed by atoms with Gasteiger partial charge in [0.25, 0.3) is 0 Å². The smallest absolute Gasteiger partial charge is 0.330 e. The third-order valence-electron chi connectivity index (χ3n) is 13.4. The SMILES string of the molecule is COC(=O)/C=C/c1ccc(OCCCCCCCCCCCOCC(COCCCCCCCCCCCOc2ccc(/C=C/C(=O)OC)cc2)OCCCCCCCCCCCOc2ccc(/C=C/C(=O)OC)cc2)cc1. The number of carbonyl (C=O) groups is 3. The van der Waals surface area contributed by atoms with Crippen LogP contribution in [0.15, 0.2) is 91.0 Å². The molecule has 0 fully saturated rings. The van der Waals surface area contributed by atoms with Gasteiger partial charge in [-0.05, 0) is 110 Å². The molecule has 0 unspecified atom stereocenters. The Morgan fingerprint density at radius 2 is 0.551 bits per heavy atom. The van der Waals surface area contributed by atoms with Crippen LogP contribution in [-0.4, -0.2) is 98.2 Å². The maximum atomic E-state index is 11.3. The van der Waals surface area contributed by atoms with Crippen LogP contribution in [0.4, 0.5) is 0 Å². The lowest BCUT2D eigenvalue weighted by atomic mass is 10.1. The lowest BCUT2D eigenvalue weighted by molar-refractivity contribution is -0.135. The van der Waals surface area contributed by atoms with Crippen LogP contribution < -0.4 is 14.2 Å². The predicted molar refractivity (Wildman–Crippen MR) is 315 cm³/mol. The first kappa shape index (κ1) is 66.8. The molecule has 78 heavy (non-hydrogen) atoms. The van der Waals surface area contributed by atoms with Gasteiger partial charge in [-0.3, -0.25) is 0 Å². The fraction of sp³-hybridized carbons (Fsp3) is 0.591. The molecule has 434 valence electrons. The summed E-state index contributed by atoms with van der Waals surface area (Å²) >= 11 is 0. The molecular weight excluding hydrogens is 985 g/mol. The van der Waals surface area contributed by atoms with E-state index in [-0.39, 0.29) is 24.0 Å². The van der Waals surface area contributed by atoms with Gasteiger partial charge in [-0.15, -0.1) is 0 Å². The molecule has 3 aromatic carbocycles. The van der Waals surface area contributed by atoms with Crippen molar-refractivity contribution in [3.8, 4) is 17.2 Å². The van der Waals surface area contributed by atoms with E-state index in [1.807, 2.05) is 72.8 Å². The van der Waals surface area contributed by atoms with E-state index in [9.17, 15) is 14.4 Å². The zero-order chi connectivity index (χ0) is 55.6. The molecule has 3 rings (SSSR count). The van der Waals surface area contributed by atoms with E-state index in [4.69, 9.17) is 28.4 Å². The molecule has 0 aliphatic rings. The Balaban J connectivity index is 1.18. The average molecular weight is 1080 g/mol. The molecule has 12 nitrogen and oxygen atoms in total. The summed E-state index contributed by atoms with van der Waals surface area (Å²) in [6, 6.07) is 23.2. The second-order valence-corrected chi connectivity index (χ2v) is 20.0. The number of hydrogen-bond acceptors (Lipinski definition) is 12. The Morgan fingerprint density at radius 3 is 0.808 bits per heavy atom. The Labute approximate surface area is 470 Å². The van der Waals surface area contributed by atoms with Crippen LogP contribution in [0, 0.1) is 0 Å². The third kappa shape index (κ3) is 37.4. The summed E-state index contributed by atoms with van der Waals surface area (Å²) in [7, 11) is 4.11. The fourth-order valence-electron chi connectivity index (χ4n) is 8.65. The largest absolute Gasteiger partial charge is 0.494 e. The van der Waals surface area contributed by atoms with Crippen molar-refractivity contribution in [1.29, 1.82) is 0 Å². The van der Waals surface area contributed by atoms with E-state index >= 15 is 0 Å². The summed E-state index contributed by atoms with van der Waals surface area (Å²) in [6.07, 6.45) is 41.9. The minimum Gasteiger partial charge on any atom is -0.494 e. The molecular formula is C66H98O12. The highest BCUT2D eigenvalue weighted by Gasteiger charge is 2.11. The molecule has 0 amide bonds. The molecule has 0 aliphatic heterocycles. The van der Waals surface area contributed by atoms with E-state index in [2.05, 4.69) is 14.2 Å². The first-order chi connectivity index (χ1) is 38.4. The van der Waals surface area contributed by atoms with Crippen LogP contribution in [0.5, 0.6) is 17.2 Å². The van der Waals surface area contributed by atoms with Crippen molar-refractivity contribution in [3.63, 3.8) is 0 Å². The van der Waals surface area contributed by atoms with Gasteiger partial charge in [0.15, 0.2) is 0 Å². The van der Waals surface area contributed by atoms with E-state index in [1.165, 1.54) is 174 Å². The van der Waals surface area contributed by atoms with Crippen molar-refractivity contribution >= 4 is 36.1 Å². The number of ether oxygens (including phenoxy) is 9. The standard InChI is InChI=1S/C66H98O12/c1-70-64(67)46-37-57-31-40-60(41-32-57)75-51-27-21-15-9-4-7-13-19-25-49-73-55-63(78-54-30-24-18-12-6-11-17-23-29-53-77-62-44-35-59(36-45-62)39-48-66(69)72-3)56-74-50-26-20-14-8-5-10-16-22-28-52-76-61-42-33-58(34-43-61)38-47-65(68)71-2/h31-48,63H,4-30,49-56H2,1-3H3/b46-37+,47-38+,48-39+. The van der Waals surface area contributed by atoms with Crippen LogP contribution in [0.1, 0.15) is 190 Å². The van der Waals surface area contributed by atoms with Gasteiger partial charge < -0.3 is 42.6 Å². The molecule has 0 atom stereocenters. The number of benzene rings is 3. The first-order valence-corrected chi connectivity index (χ1v) is 29.6. The molecule has 0 aliphatic carbocycles. The van der Waals surface area contributed by atoms with E-state index in [1.54, 1.807) is 18.2 Å². The Morgan fingerprint density at radius 1 is 0.321 bits per heavy atom. The van der Waals surface area contributed by atoms with Crippen LogP contribution in [-0.2, 0) is 42.8 Å². The number of methoxy groups -OCH3 is 3. The molecule has 0 saturated carbocycles. The van der Waals surface area contributed by atoms with Gasteiger partial charge in [0.05, 0.1) is 54.4 Å². The minimum absolute atomic E-state index is 0.0242. The van der Waals surface area contributed by atoms with Crippen molar-refractivity contribution in [2.75, 3.05) is 74.2 Å². The number of carbonyl (C=O) groups excluding carboxylic acids is 3. The predicted octanol–water partition coefficient (Wildman–Crippen LogP) is 15.7. The molecule has 0 radical (unpaired) electrons. The molecule has 0 spiro atoms. The van der Waals surface area contributed by atoms with Gasteiger partial charge in [-0.2, -0.15) is 0 Å². The van der Waals surface area contributed by atoms with Crippen LogP contribution in [0.3, 0.4) is 0 Å². The molecule has 0 aromatic heterocycles. The van der Waals surface area contributed by atoms with Gasteiger partial charge in [-0.25, -0.2) is 14.4 Å². The highest BCUT2D eigenvalue weighted by molar-refractivity contribution is 5.88. The summed E-state index contributed by atoms with van der Waals surface area (Å²) < 4.78 is 50.3. The van der Waals surface area contributed by atoms with Gasteiger partial charge in [0.1, 0.15) is 23.4 Å². The van der Waals surface area contributed by atoms with Crippen molar-refractivity contribution in [2.24, 2.45) is 0 Å². The topological polar surface area (TPSA) is 134 Å². The van der Waals surface area contributed by atoms with E-state index < -0.39 is 0 Å². The summed E-state index contributed by atoms with van der Waals surface area (Å²) in [4.78, 5) is 33.9. The maximum absolute atomic E-state index is 11.3. The molecule has 0 heterocycles. The van der Waals surface area contributed by atoms with Crippen LogP contribution >= 0.6 is 0 Å². The summed E-state index contributed by atoms with van der Waals surface area (Å²) in [5, 5.41) is 0. The highest BCUT2D eigenvalue weighted by atomic mass is 16.6. The van der Waals surface area contributed by atoms with E-state index in [0.29, 0.717) is 13.2 Å². The second-order valence-electron chi connectivity index (χ2n) is 20.0. The quantitative estimate of drug-likeness (QED) is 0.0230. The number of hydrogen-bond donors (Lipinski definition) is 0. The van der Waals surface area contributed by atoms with E-state index in [0.717, 1.165) is 112 Å². The lowest BCUT2D eigenvalue weighted by Crippen LogP contribution is -2.26. The van der Waals surface area contributed by atoms with Crippen molar-refractivity contribution in [3.05, 3.63) is 108 Å². The summed E-state index contributed by atoms with van der Waals surface area (Å²) in [5.41, 5.74) is 2.80. The third-order valence-corrected chi connectivity index (χ3v) is 13.4. The normalized spacial score (nSPS) is 11.5. The zero-order valence-electron chi connectivity index (χ0n) is 48.1. The van der Waals surface area contributed by atoms with Crippen LogP contribution in [0.25, 0.3) is 18.2 Å². The lowest BCUT2D eigenvalue weighted by Gasteiger charge is -2.18. The fourth-order valence-corrected chi connectivity index (χ4v) is 8.65. The van der Waals surface area contributed by atoms with Crippen molar-refractivity contribution < 1.29 is 57.0 Å². The summed E-state index contributed by atoms with van der Waals surface area (Å²) in [5.74, 6) is 1.46.